The minimum Gasteiger partial charge on any atom is -0.451 e. The highest BCUT2D eigenvalue weighted by atomic mass is 16.3. The summed E-state index contributed by atoms with van der Waals surface area (Å²) in [6, 6.07) is 14.2. The fourth-order valence-corrected chi connectivity index (χ4v) is 3.43. The van der Waals surface area contributed by atoms with Crippen LogP contribution < -0.4 is 15.8 Å². The van der Waals surface area contributed by atoms with E-state index in [0.717, 1.165) is 11.8 Å². The van der Waals surface area contributed by atoms with E-state index in [9.17, 15) is 14.4 Å². The molecular formula is C21H19N3O4. The van der Waals surface area contributed by atoms with E-state index in [4.69, 9.17) is 4.42 Å². The fourth-order valence-electron chi connectivity index (χ4n) is 3.43. The van der Waals surface area contributed by atoms with Gasteiger partial charge in [0, 0.05) is 23.9 Å². The molecule has 4 rings (SSSR count). The molecular weight excluding hydrogens is 358 g/mol. The number of amides is 3. The topological polar surface area (TPSA) is 91.7 Å². The molecule has 1 aliphatic rings. The van der Waals surface area contributed by atoms with Crippen LogP contribution in [0.2, 0.25) is 0 Å². The Kier molecular flexibility index (Phi) is 4.57. The van der Waals surface area contributed by atoms with Gasteiger partial charge in [-0.15, -0.1) is 0 Å². The second-order valence-electron chi connectivity index (χ2n) is 6.63. The summed E-state index contributed by atoms with van der Waals surface area (Å²) in [5, 5.41) is 0.844. The van der Waals surface area contributed by atoms with Crippen molar-refractivity contribution in [1.82, 2.24) is 10.9 Å². The molecule has 2 aromatic carbocycles. The highest BCUT2D eigenvalue weighted by Gasteiger charge is 2.26. The molecule has 0 saturated carbocycles. The van der Waals surface area contributed by atoms with Crippen LogP contribution in [-0.2, 0) is 4.79 Å². The SMILES string of the molecule is Cc1c(C(=O)NNC(=O)c2ccccc2N2CCCC2=O)oc2ccccc12. The van der Waals surface area contributed by atoms with Gasteiger partial charge in [-0.3, -0.25) is 25.2 Å². The molecule has 2 N–H and O–H groups in total. The first-order chi connectivity index (χ1) is 13.6. The maximum atomic E-state index is 12.6. The van der Waals surface area contributed by atoms with Crippen molar-refractivity contribution >= 4 is 34.4 Å². The Balaban J connectivity index is 1.51. The molecule has 1 saturated heterocycles. The molecule has 0 bridgehead atoms. The molecule has 0 radical (unpaired) electrons. The van der Waals surface area contributed by atoms with Crippen LogP contribution in [0.1, 0.15) is 39.3 Å². The summed E-state index contributed by atoms with van der Waals surface area (Å²) in [5.74, 6) is -0.916. The standard InChI is InChI=1S/C21H19N3O4/c1-13-14-7-3-5-10-17(14)28-19(13)21(27)23-22-20(26)15-8-2-4-9-16(15)24-12-6-11-18(24)25/h2-5,7-10H,6,11-12H2,1H3,(H,22,26)(H,23,27). The molecule has 0 atom stereocenters. The number of carbonyl (C=O) groups is 3. The summed E-state index contributed by atoms with van der Waals surface area (Å²) < 4.78 is 5.60. The van der Waals surface area contributed by atoms with Gasteiger partial charge in [0.25, 0.3) is 5.91 Å². The lowest BCUT2D eigenvalue weighted by atomic mass is 10.1. The molecule has 0 aliphatic carbocycles. The van der Waals surface area contributed by atoms with E-state index in [1.165, 1.54) is 0 Å². The minimum absolute atomic E-state index is 0.0119. The van der Waals surface area contributed by atoms with Crippen LogP contribution in [0.25, 0.3) is 11.0 Å². The summed E-state index contributed by atoms with van der Waals surface area (Å²) >= 11 is 0. The number of nitrogens with one attached hydrogen (secondary N) is 2. The summed E-state index contributed by atoms with van der Waals surface area (Å²) in [4.78, 5) is 38.7. The molecule has 3 amide bonds. The molecule has 28 heavy (non-hydrogen) atoms. The Morgan fingerprint density at radius 1 is 1.00 bits per heavy atom. The van der Waals surface area contributed by atoms with Gasteiger partial charge in [-0.2, -0.15) is 0 Å². The van der Waals surface area contributed by atoms with Crippen molar-refractivity contribution in [3.63, 3.8) is 0 Å². The number of aryl methyl sites for hydroxylation is 1. The molecule has 1 aliphatic heterocycles. The lowest BCUT2D eigenvalue weighted by molar-refractivity contribution is -0.117. The summed E-state index contributed by atoms with van der Waals surface area (Å²) in [5.41, 5.74) is 6.97. The van der Waals surface area contributed by atoms with Crippen molar-refractivity contribution in [3.8, 4) is 0 Å². The number of nitrogens with zero attached hydrogens (tertiary/aromatic N) is 1. The number of para-hydroxylation sites is 2. The summed E-state index contributed by atoms with van der Waals surface area (Å²) in [7, 11) is 0. The van der Waals surface area contributed by atoms with E-state index in [0.29, 0.717) is 35.4 Å². The van der Waals surface area contributed by atoms with E-state index in [1.807, 2.05) is 18.2 Å². The first kappa shape index (κ1) is 17.8. The smallest absolute Gasteiger partial charge is 0.305 e. The third-order valence-corrected chi connectivity index (χ3v) is 4.85. The van der Waals surface area contributed by atoms with Crippen LogP contribution in [0, 0.1) is 6.92 Å². The van der Waals surface area contributed by atoms with Gasteiger partial charge in [0.2, 0.25) is 5.91 Å². The van der Waals surface area contributed by atoms with E-state index in [2.05, 4.69) is 10.9 Å². The Morgan fingerprint density at radius 2 is 1.71 bits per heavy atom. The fraction of sp³-hybridized carbons (Fsp3) is 0.190. The number of benzene rings is 2. The molecule has 2 heterocycles. The maximum absolute atomic E-state index is 12.6. The summed E-state index contributed by atoms with van der Waals surface area (Å²) in [6.45, 7) is 2.37. The van der Waals surface area contributed by atoms with Crippen LogP contribution in [0.3, 0.4) is 0 Å². The Labute approximate surface area is 161 Å². The molecule has 0 unspecified atom stereocenters. The van der Waals surface area contributed by atoms with E-state index < -0.39 is 11.8 Å². The average molecular weight is 377 g/mol. The van der Waals surface area contributed by atoms with Gasteiger partial charge in [0.15, 0.2) is 5.76 Å². The zero-order chi connectivity index (χ0) is 19.7. The molecule has 142 valence electrons. The summed E-state index contributed by atoms with van der Waals surface area (Å²) in [6.07, 6.45) is 1.23. The second kappa shape index (κ2) is 7.19. The first-order valence-electron chi connectivity index (χ1n) is 9.04. The predicted octanol–water partition coefficient (Wildman–Crippen LogP) is 2.94. The van der Waals surface area contributed by atoms with Crippen LogP contribution in [-0.4, -0.2) is 24.3 Å². The number of hydrogen-bond acceptors (Lipinski definition) is 4. The number of hydrogen-bond donors (Lipinski definition) is 2. The molecule has 0 spiro atoms. The Bertz CT molecular complexity index is 1090. The Hall–Kier alpha value is -3.61. The van der Waals surface area contributed by atoms with Gasteiger partial charge >= 0.3 is 5.91 Å². The monoisotopic (exact) mass is 377 g/mol. The zero-order valence-corrected chi connectivity index (χ0v) is 15.3. The van der Waals surface area contributed by atoms with Gasteiger partial charge in [0.1, 0.15) is 5.58 Å². The molecule has 7 nitrogen and oxygen atoms in total. The first-order valence-corrected chi connectivity index (χ1v) is 9.04. The maximum Gasteiger partial charge on any atom is 0.305 e. The van der Waals surface area contributed by atoms with Crippen LogP contribution in [0.4, 0.5) is 5.69 Å². The normalized spacial score (nSPS) is 13.8. The number of furan rings is 1. The van der Waals surface area contributed by atoms with Gasteiger partial charge in [0.05, 0.1) is 11.3 Å². The van der Waals surface area contributed by atoms with E-state index >= 15 is 0 Å². The number of fused-ring (bicyclic) bond motifs is 1. The van der Waals surface area contributed by atoms with Gasteiger partial charge in [-0.25, -0.2) is 0 Å². The molecule has 7 heteroatoms. The Morgan fingerprint density at radius 3 is 2.46 bits per heavy atom. The highest BCUT2D eigenvalue weighted by molar-refractivity contribution is 6.06. The quantitative estimate of drug-likeness (QED) is 0.687. The third-order valence-electron chi connectivity index (χ3n) is 4.85. The molecule has 1 fully saturated rings. The number of hydrazine groups is 1. The lowest BCUT2D eigenvalue weighted by Crippen LogP contribution is -2.42. The van der Waals surface area contributed by atoms with Crippen LogP contribution in [0.5, 0.6) is 0 Å². The van der Waals surface area contributed by atoms with Crippen LogP contribution >= 0.6 is 0 Å². The second-order valence-corrected chi connectivity index (χ2v) is 6.63. The number of carbonyl (C=O) groups excluding carboxylic acids is 3. The largest absolute Gasteiger partial charge is 0.451 e. The highest BCUT2D eigenvalue weighted by Crippen LogP contribution is 2.26. The number of anilines is 1. The lowest BCUT2D eigenvalue weighted by Gasteiger charge is -2.19. The van der Waals surface area contributed by atoms with Crippen molar-refractivity contribution in [2.75, 3.05) is 11.4 Å². The van der Waals surface area contributed by atoms with Crippen molar-refractivity contribution in [2.45, 2.75) is 19.8 Å². The van der Waals surface area contributed by atoms with Gasteiger partial charge < -0.3 is 9.32 Å². The van der Waals surface area contributed by atoms with Gasteiger partial charge in [-0.05, 0) is 31.5 Å². The van der Waals surface area contributed by atoms with Crippen molar-refractivity contribution in [1.29, 1.82) is 0 Å². The number of rotatable bonds is 3. The van der Waals surface area contributed by atoms with Gasteiger partial charge in [-0.1, -0.05) is 30.3 Å². The van der Waals surface area contributed by atoms with Crippen molar-refractivity contribution < 1.29 is 18.8 Å². The zero-order valence-electron chi connectivity index (χ0n) is 15.3. The van der Waals surface area contributed by atoms with Crippen molar-refractivity contribution in [2.24, 2.45) is 0 Å². The third kappa shape index (κ3) is 3.11. The molecule has 1 aromatic heterocycles. The van der Waals surface area contributed by atoms with Crippen molar-refractivity contribution in [3.05, 3.63) is 65.4 Å². The van der Waals surface area contributed by atoms with E-state index in [1.54, 1.807) is 42.2 Å². The predicted molar refractivity (Wildman–Crippen MR) is 104 cm³/mol. The van der Waals surface area contributed by atoms with Crippen LogP contribution in [0.15, 0.2) is 52.9 Å². The van der Waals surface area contributed by atoms with E-state index in [-0.39, 0.29) is 11.7 Å². The minimum atomic E-state index is -0.545. The molecule has 3 aromatic rings. The average Bonchev–Trinajstić information content (AvgIpc) is 3.29.